The summed E-state index contributed by atoms with van der Waals surface area (Å²) in [5, 5.41) is 3.06. The van der Waals surface area contributed by atoms with Gasteiger partial charge in [-0.2, -0.15) is 0 Å². The van der Waals surface area contributed by atoms with Crippen LogP contribution in [-0.2, 0) is 21.2 Å². The number of hydrogen-bond donors (Lipinski definition) is 1. The summed E-state index contributed by atoms with van der Waals surface area (Å²) in [6.07, 6.45) is 5.62. The lowest BCUT2D eigenvalue weighted by Crippen LogP contribution is -2.43. The number of anilines is 1. The predicted molar refractivity (Wildman–Crippen MR) is 121 cm³/mol. The summed E-state index contributed by atoms with van der Waals surface area (Å²) >= 11 is 0. The van der Waals surface area contributed by atoms with Crippen molar-refractivity contribution in [3.8, 4) is 5.75 Å². The van der Waals surface area contributed by atoms with Gasteiger partial charge in [-0.25, -0.2) is 8.42 Å². The number of para-hydroxylation sites is 1. The number of nitrogens with zero attached hydrogens (tertiary/aromatic N) is 1. The zero-order valence-electron chi connectivity index (χ0n) is 18.1. The molecule has 7 heteroatoms. The third-order valence-electron chi connectivity index (χ3n) is 6.16. The van der Waals surface area contributed by atoms with Crippen LogP contribution in [0.5, 0.6) is 5.75 Å². The Kier molecular flexibility index (Phi) is 6.23. The van der Waals surface area contributed by atoms with Crippen molar-refractivity contribution in [2.75, 3.05) is 4.31 Å². The molecule has 0 radical (unpaired) electrons. The zero-order valence-corrected chi connectivity index (χ0v) is 18.9. The fourth-order valence-electron chi connectivity index (χ4n) is 4.53. The van der Waals surface area contributed by atoms with Gasteiger partial charge in [-0.3, -0.25) is 9.10 Å². The number of benzene rings is 2. The van der Waals surface area contributed by atoms with E-state index >= 15 is 0 Å². The Balaban J connectivity index is 1.43. The van der Waals surface area contributed by atoms with E-state index in [1.807, 2.05) is 31.2 Å². The molecule has 1 N–H and O–H groups in total. The number of carbonyl (C=O) groups excluding carboxylic acids is 1. The number of carbonyl (C=O) groups is 1. The zero-order chi connectivity index (χ0) is 22.0. The van der Waals surface area contributed by atoms with Crippen molar-refractivity contribution in [2.24, 2.45) is 0 Å². The fourth-order valence-corrected chi connectivity index (χ4v) is 6.22. The van der Waals surface area contributed by atoms with E-state index in [2.05, 4.69) is 5.32 Å². The molecular weight excluding hydrogens is 412 g/mol. The summed E-state index contributed by atoms with van der Waals surface area (Å²) in [5.41, 5.74) is 1.78. The van der Waals surface area contributed by atoms with Crippen LogP contribution in [0.1, 0.15) is 51.5 Å². The molecule has 31 heavy (non-hydrogen) atoms. The van der Waals surface area contributed by atoms with E-state index in [-0.39, 0.29) is 22.9 Å². The molecule has 2 aromatic rings. The molecule has 4 rings (SSSR count). The first-order chi connectivity index (χ1) is 14.9. The molecule has 1 aliphatic carbocycles. The lowest BCUT2D eigenvalue weighted by Gasteiger charge is -2.25. The lowest BCUT2D eigenvalue weighted by atomic mass is 9.95. The van der Waals surface area contributed by atoms with Crippen molar-refractivity contribution in [1.82, 2.24) is 5.32 Å². The highest BCUT2D eigenvalue weighted by molar-refractivity contribution is 7.92. The number of fused-ring (bicyclic) bond motifs is 1. The van der Waals surface area contributed by atoms with Gasteiger partial charge in [-0.1, -0.05) is 37.5 Å². The summed E-state index contributed by atoms with van der Waals surface area (Å²) < 4.78 is 33.8. The third kappa shape index (κ3) is 4.56. The van der Waals surface area contributed by atoms with Crippen molar-refractivity contribution >= 4 is 21.6 Å². The Labute approximate surface area is 184 Å². The summed E-state index contributed by atoms with van der Waals surface area (Å²) in [4.78, 5) is 12.6. The van der Waals surface area contributed by atoms with Crippen molar-refractivity contribution in [3.05, 3.63) is 54.1 Å². The van der Waals surface area contributed by atoms with E-state index < -0.39 is 16.1 Å². The van der Waals surface area contributed by atoms with Crippen molar-refractivity contribution < 1.29 is 17.9 Å². The minimum Gasteiger partial charge on any atom is -0.481 e. The van der Waals surface area contributed by atoms with Crippen LogP contribution in [0.3, 0.4) is 0 Å². The molecule has 1 aliphatic heterocycles. The molecule has 6 nitrogen and oxygen atoms in total. The Hall–Kier alpha value is -2.54. The molecule has 0 spiro atoms. The van der Waals surface area contributed by atoms with Gasteiger partial charge in [0, 0.05) is 12.1 Å². The van der Waals surface area contributed by atoms with E-state index in [0.29, 0.717) is 12.2 Å². The summed E-state index contributed by atoms with van der Waals surface area (Å²) in [6.45, 7) is 3.63. The minimum atomic E-state index is -3.68. The molecule has 0 bridgehead atoms. The minimum absolute atomic E-state index is 0.133. The normalized spacial score (nSPS) is 20.2. The number of sulfonamides is 1. The van der Waals surface area contributed by atoms with Crippen LogP contribution in [-0.4, -0.2) is 32.5 Å². The van der Waals surface area contributed by atoms with Crippen LogP contribution < -0.4 is 14.4 Å². The molecule has 0 saturated heterocycles. The van der Waals surface area contributed by atoms with Crippen LogP contribution in [0, 0.1) is 0 Å². The summed E-state index contributed by atoms with van der Waals surface area (Å²) in [7, 11) is -3.68. The standard InChI is InChI=1S/C24H30N2O4S/c1-17-16-19-8-6-7-11-23(19)26(17)31(28,29)22-14-12-21(13-15-22)30-18(2)24(27)25-20-9-4-3-5-10-20/h6-8,11-15,17-18,20H,3-5,9-10,16H2,1-2H3,(H,25,27)/t17-,18-/m1/s1. The fraction of sp³-hybridized carbons (Fsp3) is 0.458. The molecule has 2 aliphatic rings. The highest BCUT2D eigenvalue weighted by atomic mass is 32.2. The second kappa shape index (κ2) is 8.91. The first-order valence-corrected chi connectivity index (χ1v) is 12.5. The van der Waals surface area contributed by atoms with Gasteiger partial charge in [-0.15, -0.1) is 0 Å². The molecule has 0 aromatic heterocycles. The van der Waals surface area contributed by atoms with E-state index in [0.717, 1.165) is 36.9 Å². The van der Waals surface area contributed by atoms with Crippen LogP contribution in [0.15, 0.2) is 53.4 Å². The number of rotatable bonds is 6. The van der Waals surface area contributed by atoms with Gasteiger partial charge in [0.15, 0.2) is 6.10 Å². The highest BCUT2D eigenvalue weighted by Gasteiger charge is 2.35. The van der Waals surface area contributed by atoms with Gasteiger partial charge in [0.1, 0.15) is 5.75 Å². The molecule has 0 unspecified atom stereocenters. The lowest BCUT2D eigenvalue weighted by molar-refractivity contribution is -0.128. The van der Waals surface area contributed by atoms with Crippen molar-refractivity contribution in [3.63, 3.8) is 0 Å². The molecule has 1 saturated carbocycles. The van der Waals surface area contributed by atoms with Gasteiger partial charge >= 0.3 is 0 Å². The van der Waals surface area contributed by atoms with Gasteiger partial charge in [0.25, 0.3) is 15.9 Å². The number of nitrogens with one attached hydrogen (secondary N) is 1. The van der Waals surface area contributed by atoms with E-state index in [4.69, 9.17) is 4.74 Å². The van der Waals surface area contributed by atoms with Gasteiger partial charge in [-0.05, 0) is 69.0 Å². The van der Waals surface area contributed by atoms with E-state index in [1.165, 1.54) is 10.7 Å². The van der Waals surface area contributed by atoms with Crippen LogP contribution in [0.4, 0.5) is 5.69 Å². The first-order valence-electron chi connectivity index (χ1n) is 11.1. The van der Waals surface area contributed by atoms with Crippen molar-refractivity contribution in [2.45, 2.75) is 75.5 Å². The molecular formula is C24H30N2O4S. The van der Waals surface area contributed by atoms with Gasteiger partial charge in [0.2, 0.25) is 0 Å². The maximum atomic E-state index is 13.3. The van der Waals surface area contributed by atoms with Crippen molar-refractivity contribution in [1.29, 1.82) is 0 Å². The Morgan fingerprint density at radius 1 is 1.06 bits per heavy atom. The van der Waals surface area contributed by atoms with Gasteiger partial charge < -0.3 is 10.1 Å². The Bertz CT molecular complexity index is 1030. The highest BCUT2D eigenvalue weighted by Crippen LogP contribution is 2.36. The maximum absolute atomic E-state index is 13.3. The predicted octanol–water partition coefficient (Wildman–Crippen LogP) is 4.04. The van der Waals surface area contributed by atoms with Gasteiger partial charge in [0.05, 0.1) is 10.6 Å². The first kappa shape index (κ1) is 21.7. The summed E-state index contributed by atoms with van der Waals surface area (Å²) in [5.74, 6) is 0.339. The largest absolute Gasteiger partial charge is 0.481 e. The molecule has 166 valence electrons. The number of hydrogen-bond acceptors (Lipinski definition) is 4. The monoisotopic (exact) mass is 442 g/mol. The molecule has 1 amide bonds. The average molecular weight is 443 g/mol. The molecule has 2 atom stereocenters. The molecule has 1 fully saturated rings. The Morgan fingerprint density at radius 2 is 1.74 bits per heavy atom. The SMILES string of the molecule is C[C@@H]1Cc2ccccc2N1S(=O)(=O)c1ccc(O[C@H](C)C(=O)NC2CCCCC2)cc1. The summed E-state index contributed by atoms with van der Waals surface area (Å²) in [6, 6.07) is 14.0. The Morgan fingerprint density at radius 3 is 2.45 bits per heavy atom. The third-order valence-corrected chi connectivity index (χ3v) is 8.10. The average Bonchev–Trinajstić information content (AvgIpc) is 3.11. The second-order valence-electron chi connectivity index (χ2n) is 8.56. The number of ether oxygens (including phenoxy) is 1. The van der Waals surface area contributed by atoms with Crippen LogP contribution >= 0.6 is 0 Å². The topological polar surface area (TPSA) is 75.7 Å². The molecule has 2 aromatic carbocycles. The maximum Gasteiger partial charge on any atom is 0.264 e. The quantitative estimate of drug-likeness (QED) is 0.733. The van der Waals surface area contributed by atoms with Crippen LogP contribution in [0.25, 0.3) is 0 Å². The van der Waals surface area contributed by atoms with E-state index in [1.54, 1.807) is 31.2 Å². The van der Waals surface area contributed by atoms with Crippen LogP contribution in [0.2, 0.25) is 0 Å². The molecule has 1 heterocycles. The second-order valence-corrected chi connectivity index (χ2v) is 10.4. The number of amides is 1. The smallest absolute Gasteiger partial charge is 0.264 e. The van der Waals surface area contributed by atoms with E-state index in [9.17, 15) is 13.2 Å².